The van der Waals surface area contributed by atoms with Crippen molar-refractivity contribution in [3.63, 3.8) is 0 Å². The Hall–Kier alpha value is -2.50. The molecule has 1 aromatic carbocycles. The van der Waals surface area contributed by atoms with E-state index in [9.17, 15) is 4.79 Å². The number of aryl methyl sites for hydroxylation is 1. The van der Waals surface area contributed by atoms with Gasteiger partial charge in [0.05, 0.1) is 6.33 Å². The second-order valence-electron chi connectivity index (χ2n) is 6.65. The normalized spacial score (nSPS) is 21.0. The topological polar surface area (TPSA) is 65.4 Å². The molecule has 4 rings (SSSR count). The second kappa shape index (κ2) is 7.17. The van der Waals surface area contributed by atoms with Crippen LogP contribution in [-0.4, -0.2) is 35.2 Å². The van der Waals surface area contributed by atoms with Gasteiger partial charge in [0.15, 0.2) is 11.5 Å². The number of hydrogen-bond donors (Lipinski definition) is 1. The summed E-state index contributed by atoms with van der Waals surface area (Å²) in [6.07, 6.45) is 8.49. The molecule has 6 nitrogen and oxygen atoms in total. The Balaban J connectivity index is 1.20. The minimum atomic E-state index is 0.0937. The third-order valence-electron chi connectivity index (χ3n) is 4.82. The Morgan fingerprint density at radius 3 is 2.96 bits per heavy atom. The van der Waals surface area contributed by atoms with Gasteiger partial charge in [0.1, 0.15) is 13.2 Å². The molecule has 2 aliphatic rings. The molecule has 2 aromatic rings. The van der Waals surface area contributed by atoms with Crippen LogP contribution >= 0.6 is 0 Å². The summed E-state index contributed by atoms with van der Waals surface area (Å²) in [4.78, 5) is 16.3. The van der Waals surface area contributed by atoms with Crippen molar-refractivity contribution in [1.82, 2.24) is 14.9 Å². The average Bonchev–Trinajstić information content (AvgIpc) is 3.29. The maximum absolute atomic E-state index is 12.3. The highest BCUT2D eigenvalue weighted by molar-refractivity contribution is 5.82. The van der Waals surface area contributed by atoms with Crippen molar-refractivity contribution in [2.24, 2.45) is 5.92 Å². The zero-order valence-electron chi connectivity index (χ0n) is 14.2. The van der Waals surface area contributed by atoms with Crippen molar-refractivity contribution in [2.45, 2.75) is 31.7 Å². The van der Waals surface area contributed by atoms with Crippen LogP contribution in [0.5, 0.6) is 11.5 Å². The van der Waals surface area contributed by atoms with E-state index in [-0.39, 0.29) is 11.8 Å². The maximum atomic E-state index is 12.3. The molecule has 1 fully saturated rings. The number of fused-ring (bicyclic) bond motifs is 1. The Kier molecular flexibility index (Phi) is 4.59. The van der Waals surface area contributed by atoms with Crippen LogP contribution in [-0.2, 0) is 11.3 Å². The molecule has 0 saturated heterocycles. The first-order valence-corrected chi connectivity index (χ1v) is 8.94. The Labute approximate surface area is 147 Å². The summed E-state index contributed by atoms with van der Waals surface area (Å²) in [5, 5.41) is 3.07. The van der Waals surface area contributed by atoms with Crippen LogP contribution in [0.2, 0.25) is 0 Å². The number of carbonyl (C=O) groups is 1. The van der Waals surface area contributed by atoms with Crippen LogP contribution in [0.25, 0.3) is 0 Å². The Bertz CT molecular complexity index is 730. The molecular formula is C19H23N3O3. The number of rotatable bonds is 7. The Morgan fingerprint density at radius 1 is 1.24 bits per heavy atom. The quantitative estimate of drug-likeness (QED) is 0.785. The van der Waals surface area contributed by atoms with Gasteiger partial charge in [-0.25, -0.2) is 4.98 Å². The second-order valence-corrected chi connectivity index (χ2v) is 6.65. The van der Waals surface area contributed by atoms with E-state index in [4.69, 9.17) is 9.47 Å². The number of ether oxygens (including phenoxy) is 2. The first-order valence-electron chi connectivity index (χ1n) is 8.94. The third-order valence-corrected chi connectivity index (χ3v) is 4.82. The summed E-state index contributed by atoms with van der Waals surface area (Å²) in [5.74, 6) is 2.17. The molecule has 2 unspecified atom stereocenters. The number of aromatic nitrogens is 2. The van der Waals surface area contributed by atoms with Crippen molar-refractivity contribution in [3.8, 4) is 11.5 Å². The lowest BCUT2D eigenvalue weighted by atomic mass is 10.1. The summed E-state index contributed by atoms with van der Waals surface area (Å²) < 4.78 is 13.2. The number of imidazole rings is 1. The smallest absolute Gasteiger partial charge is 0.223 e. The van der Waals surface area contributed by atoms with Gasteiger partial charge < -0.3 is 19.4 Å². The van der Waals surface area contributed by atoms with Crippen LogP contribution in [0.15, 0.2) is 36.9 Å². The molecule has 132 valence electrons. The number of amides is 1. The lowest BCUT2D eigenvalue weighted by Crippen LogP contribution is -2.26. The number of carbonyl (C=O) groups excluding carboxylic acids is 1. The van der Waals surface area contributed by atoms with E-state index in [1.54, 1.807) is 6.20 Å². The predicted molar refractivity (Wildman–Crippen MR) is 92.8 cm³/mol. The molecule has 1 N–H and O–H groups in total. The molecule has 25 heavy (non-hydrogen) atoms. The molecule has 6 heteroatoms. The fourth-order valence-electron chi connectivity index (χ4n) is 3.32. The highest BCUT2D eigenvalue weighted by Gasteiger charge is 2.44. The van der Waals surface area contributed by atoms with Crippen molar-refractivity contribution >= 4 is 5.91 Å². The SMILES string of the molecule is O=C(NCCCCn1ccnc1)C1CC1c1ccc2c(c1)OCCO2. The summed E-state index contributed by atoms with van der Waals surface area (Å²) >= 11 is 0. The molecule has 1 saturated carbocycles. The van der Waals surface area contributed by atoms with E-state index >= 15 is 0 Å². The molecule has 0 radical (unpaired) electrons. The average molecular weight is 341 g/mol. The number of nitrogens with zero attached hydrogens (tertiary/aromatic N) is 2. The van der Waals surface area contributed by atoms with Gasteiger partial charge in [-0.05, 0) is 42.9 Å². The first-order chi connectivity index (χ1) is 12.3. The van der Waals surface area contributed by atoms with E-state index in [2.05, 4.69) is 20.9 Å². The molecule has 0 spiro atoms. The molecule has 1 amide bonds. The standard InChI is InChI=1S/C19H23N3O3/c23-19(21-5-1-2-7-22-8-6-20-13-22)16-12-15(16)14-3-4-17-18(11-14)25-10-9-24-17/h3-4,6,8,11,13,15-16H,1-2,5,7,9-10,12H2,(H,21,23). The highest BCUT2D eigenvalue weighted by Crippen LogP contribution is 2.49. The van der Waals surface area contributed by atoms with Crippen molar-refractivity contribution < 1.29 is 14.3 Å². The van der Waals surface area contributed by atoms with Crippen molar-refractivity contribution in [1.29, 1.82) is 0 Å². The van der Waals surface area contributed by atoms with E-state index in [1.165, 1.54) is 5.56 Å². The molecule has 1 aliphatic carbocycles. The van der Waals surface area contributed by atoms with E-state index in [0.717, 1.165) is 43.9 Å². The Morgan fingerprint density at radius 2 is 2.12 bits per heavy atom. The molecule has 1 aliphatic heterocycles. The summed E-state index contributed by atoms with van der Waals surface area (Å²) in [6, 6.07) is 6.03. The van der Waals surface area contributed by atoms with Gasteiger partial charge in [0, 0.05) is 31.4 Å². The lowest BCUT2D eigenvalue weighted by Gasteiger charge is -2.18. The number of nitrogens with one attached hydrogen (secondary N) is 1. The highest BCUT2D eigenvalue weighted by atomic mass is 16.6. The van der Waals surface area contributed by atoms with Gasteiger partial charge >= 0.3 is 0 Å². The minimum absolute atomic E-state index is 0.0937. The predicted octanol–water partition coefficient (Wildman–Crippen LogP) is 2.35. The van der Waals surface area contributed by atoms with Gasteiger partial charge in [-0.3, -0.25) is 4.79 Å². The van der Waals surface area contributed by atoms with Crippen LogP contribution in [0.4, 0.5) is 0 Å². The van der Waals surface area contributed by atoms with Crippen molar-refractivity contribution in [2.75, 3.05) is 19.8 Å². The van der Waals surface area contributed by atoms with Gasteiger partial charge in [-0.1, -0.05) is 6.07 Å². The van der Waals surface area contributed by atoms with Gasteiger partial charge in [0.25, 0.3) is 0 Å². The minimum Gasteiger partial charge on any atom is -0.486 e. The molecule has 0 bridgehead atoms. The summed E-state index contributed by atoms with van der Waals surface area (Å²) in [5.41, 5.74) is 1.17. The zero-order valence-corrected chi connectivity index (χ0v) is 14.2. The van der Waals surface area contributed by atoms with Crippen LogP contribution in [0.1, 0.15) is 30.7 Å². The molecule has 2 heterocycles. The first kappa shape index (κ1) is 16.0. The number of hydrogen-bond acceptors (Lipinski definition) is 4. The fraction of sp³-hybridized carbons (Fsp3) is 0.474. The van der Waals surface area contributed by atoms with Crippen LogP contribution in [0, 0.1) is 5.92 Å². The van der Waals surface area contributed by atoms with Crippen molar-refractivity contribution in [3.05, 3.63) is 42.5 Å². The van der Waals surface area contributed by atoms with Gasteiger partial charge in [0.2, 0.25) is 5.91 Å². The third kappa shape index (κ3) is 3.78. The van der Waals surface area contributed by atoms with E-state index < -0.39 is 0 Å². The van der Waals surface area contributed by atoms with E-state index in [1.807, 2.05) is 24.7 Å². The molecular weight excluding hydrogens is 318 g/mol. The molecule has 2 atom stereocenters. The summed E-state index contributed by atoms with van der Waals surface area (Å²) in [7, 11) is 0. The zero-order chi connectivity index (χ0) is 17.1. The van der Waals surface area contributed by atoms with Gasteiger partial charge in [-0.2, -0.15) is 0 Å². The van der Waals surface area contributed by atoms with Crippen LogP contribution in [0.3, 0.4) is 0 Å². The lowest BCUT2D eigenvalue weighted by molar-refractivity contribution is -0.122. The van der Waals surface area contributed by atoms with E-state index in [0.29, 0.717) is 19.1 Å². The number of benzene rings is 1. The molecule has 1 aromatic heterocycles. The maximum Gasteiger partial charge on any atom is 0.223 e. The van der Waals surface area contributed by atoms with Crippen LogP contribution < -0.4 is 14.8 Å². The van der Waals surface area contributed by atoms with Gasteiger partial charge in [-0.15, -0.1) is 0 Å². The largest absolute Gasteiger partial charge is 0.486 e. The summed E-state index contributed by atoms with van der Waals surface area (Å²) in [6.45, 7) is 2.86. The monoisotopic (exact) mass is 341 g/mol. The fourth-order valence-corrected chi connectivity index (χ4v) is 3.32. The number of unbranched alkanes of at least 4 members (excludes halogenated alkanes) is 1.